The first-order valence-electron chi connectivity index (χ1n) is 12.1. The molecule has 3 atom stereocenters. The molecule has 196 valence electrons. The van der Waals surface area contributed by atoms with Crippen molar-refractivity contribution < 1.29 is 24.4 Å². The van der Waals surface area contributed by atoms with E-state index in [1.165, 1.54) is 0 Å². The van der Waals surface area contributed by atoms with Gasteiger partial charge in [0.05, 0.1) is 0 Å². The first-order chi connectivity index (χ1) is 17.2. The third-order valence-electron chi connectivity index (χ3n) is 5.82. The summed E-state index contributed by atoms with van der Waals surface area (Å²) in [5, 5.41) is 19.0. The smallest absolute Gasteiger partial charge is 0.244 e. The lowest BCUT2D eigenvalue weighted by atomic mass is 9.92. The lowest BCUT2D eigenvalue weighted by Gasteiger charge is -2.25. The van der Waals surface area contributed by atoms with Crippen LogP contribution in [0.2, 0.25) is 0 Å². The molecule has 4 amide bonds. The Morgan fingerprint density at radius 3 is 2.28 bits per heavy atom. The first-order valence-corrected chi connectivity index (χ1v) is 12.1. The predicted octanol–water partition coefficient (Wildman–Crippen LogP) is 1.00. The van der Waals surface area contributed by atoms with Crippen molar-refractivity contribution in [3.8, 4) is 0 Å². The molecule has 0 fully saturated rings. The number of fused-ring (bicyclic) bond motifs is 1. The van der Waals surface area contributed by atoms with Gasteiger partial charge in [-0.3, -0.25) is 24.4 Å². The second-order valence-corrected chi connectivity index (χ2v) is 9.28. The van der Waals surface area contributed by atoms with E-state index in [1.54, 1.807) is 12.4 Å². The highest BCUT2D eigenvalue weighted by Crippen LogP contribution is 2.21. The molecule has 0 aliphatic rings. The number of carbonyl (C=O) groups excluding carboxylic acids is 4. The largest absolute Gasteiger partial charge is 0.353 e. The minimum absolute atomic E-state index is 0.101. The topological polar surface area (TPSA) is 163 Å². The highest BCUT2D eigenvalue weighted by molar-refractivity contribution is 5.94. The number of carbonyl (C=O) groups is 4. The Morgan fingerprint density at radius 1 is 0.917 bits per heavy atom. The van der Waals surface area contributed by atoms with Gasteiger partial charge in [0.2, 0.25) is 23.6 Å². The quantitative estimate of drug-likeness (QED) is 0.178. The van der Waals surface area contributed by atoms with Gasteiger partial charge in [-0.15, -0.1) is 0 Å². The summed E-state index contributed by atoms with van der Waals surface area (Å²) in [4.78, 5) is 50.6. The summed E-state index contributed by atoms with van der Waals surface area (Å²) in [6.07, 6.45) is 0.345. The van der Waals surface area contributed by atoms with E-state index >= 15 is 0 Å². The number of benzene rings is 2. The maximum Gasteiger partial charge on any atom is 0.244 e. The van der Waals surface area contributed by atoms with E-state index in [4.69, 9.17) is 10.9 Å². The Morgan fingerprint density at radius 2 is 1.61 bits per heavy atom. The Hall–Kier alpha value is -3.50. The molecule has 10 heteroatoms. The lowest BCUT2D eigenvalue weighted by molar-refractivity contribution is -0.137. The second kappa shape index (κ2) is 14.2. The van der Waals surface area contributed by atoms with Crippen LogP contribution in [0.25, 0.3) is 10.8 Å². The average Bonchev–Trinajstić information content (AvgIpc) is 2.85. The van der Waals surface area contributed by atoms with E-state index in [9.17, 15) is 19.2 Å². The summed E-state index contributed by atoms with van der Waals surface area (Å²) < 4.78 is 0. The van der Waals surface area contributed by atoms with Crippen LogP contribution in [0.4, 0.5) is 0 Å². The molecule has 0 saturated heterocycles. The zero-order chi connectivity index (χ0) is 26.7. The van der Waals surface area contributed by atoms with Crippen LogP contribution < -0.4 is 27.2 Å². The molecular weight excluding hydrogens is 462 g/mol. The molecule has 0 aliphatic carbocycles. The van der Waals surface area contributed by atoms with E-state index < -0.39 is 35.7 Å². The molecule has 0 bridgehead atoms. The Balaban J connectivity index is 2.30. The zero-order valence-electron chi connectivity index (χ0n) is 21.0. The van der Waals surface area contributed by atoms with Crippen LogP contribution in [0.1, 0.15) is 39.2 Å². The molecule has 36 heavy (non-hydrogen) atoms. The Kier molecular flexibility index (Phi) is 11.3. The standard InChI is InChI=1S/C26H37N5O5/c1-16(2)13-20(15-23(32)31-36)25(34)30-22(26(35)29-17(3)24(33)28-12-11-27)14-19-9-6-8-18-7-4-5-10-21(18)19/h4-10,16-17,20,22,36H,11-15,27H2,1-3H3,(H,28,33)(H,29,35)(H,30,34)(H,31,32)/t17-,20+,22-/m0/s1. The molecular formula is C26H37N5O5. The van der Waals surface area contributed by atoms with Crippen molar-refractivity contribution in [1.29, 1.82) is 0 Å². The molecule has 0 saturated carbocycles. The van der Waals surface area contributed by atoms with Gasteiger partial charge < -0.3 is 21.7 Å². The number of nitrogens with one attached hydrogen (secondary N) is 4. The molecule has 2 rings (SSSR count). The molecule has 10 nitrogen and oxygen atoms in total. The molecule has 0 aliphatic heterocycles. The van der Waals surface area contributed by atoms with Crippen LogP contribution in [0.5, 0.6) is 0 Å². The third-order valence-corrected chi connectivity index (χ3v) is 5.82. The monoisotopic (exact) mass is 499 g/mol. The molecule has 0 heterocycles. The number of hydroxylamine groups is 1. The van der Waals surface area contributed by atoms with Crippen molar-refractivity contribution in [3.63, 3.8) is 0 Å². The van der Waals surface area contributed by atoms with Crippen LogP contribution in [-0.2, 0) is 25.6 Å². The highest BCUT2D eigenvalue weighted by atomic mass is 16.5. The van der Waals surface area contributed by atoms with Gasteiger partial charge in [-0.05, 0) is 35.6 Å². The Bertz CT molecular complexity index is 1050. The summed E-state index contributed by atoms with van der Waals surface area (Å²) in [6.45, 7) is 5.93. The van der Waals surface area contributed by atoms with Crippen molar-refractivity contribution in [2.45, 2.75) is 52.1 Å². The predicted molar refractivity (Wildman–Crippen MR) is 137 cm³/mol. The van der Waals surface area contributed by atoms with E-state index in [0.717, 1.165) is 16.3 Å². The van der Waals surface area contributed by atoms with Gasteiger partial charge in [-0.2, -0.15) is 0 Å². The fraction of sp³-hybridized carbons (Fsp3) is 0.462. The lowest BCUT2D eigenvalue weighted by Crippen LogP contribution is -2.54. The number of rotatable bonds is 13. The fourth-order valence-corrected chi connectivity index (χ4v) is 4.04. The van der Waals surface area contributed by atoms with Gasteiger partial charge in [0.1, 0.15) is 12.1 Å². The van der Waals surface area contributed by atoms with Gasteiger partial charge in [0, 0.05) is 31.8 Å². The molecule has 2 aromatic carbocycles. The maximum atomic E-state index is 13.3. The zero-order valence-corrected chi connectivity index (χ0v) is 21.0. The number of hydrogen-bond acceptors (Lipinski definition) is 6. The summed E-state index contributed by atoms with van der Waals surface area (Å²) >= 11 is 0. The van der Waals surface area contributed by atoms with Crippen LogP contribution in [0.3, 0.4) is 0 Å². The van der Waals surface area contributed by atoms with Crippen LogP contribution >= 0.6 is 0 Å². The van der Waals surface area contributed by atoms with Crippen molar-refractivity contribution >= 4 is 34.4 Å². The average molecular weight is 500 g/mol. The molecule has 0 radical (unpaired) electrons. The normalized spacial score (nSPS) is 13.5. The molecule has 0 unspecified atom stereocenters. The Labute approximate surface area is 211 Å². The minimum atomic E-state index is -1.00. The summed E-state index contributed by atoms with van der Waals surface area (Å²) in [7, 11) is 0. The minimum Gasteiger partial charge on any atom is -0.353 e. The molecule has 0 aromatic heterocycles. The number of hydrogen-bond donors (Lipinski definition) is 6. The van der Waals surface area contributed by atoms with Gasteiger partial charge in [0.25, 0.3) is 0 Å². The summed E-state index contributed by atoms with van der Waals surface area (Å²) in [5.74, 6) is -2.72. The first kappa shape index (κ1) is 28.7. The molecule has 7 N–H and O–H groups in total. The van der Waals surface area contributed by atoms with Gasteiger partial charge in [-0.1, -0.05) is 56.3 Å². The second-order valence-electron chi connectivity index (χ2n) is 9.28. The maximum absolute atomic E-state index is 13.3. The number of nitrogens with two attached hydrogens (primary N) is 1. The van der Waals surface area contributed by atoms with Crippen molar-refractivity contribution in [3.05, 3.63) is 48.0 Å². The van der Waals surface area contributed by atoms with Gasteiger partial charge >= 0.3 is 0 Å². The van der Waals surface area contributed by atoms with E-state index in [1.807, 2.05) is 56.3 Å². The molecule has 2 aromatic rings. The van der Waals surface area contributed by atoms with Crippen molar-refractivity contribution in [2.24, 2.45) is 17.6 Å². The fourth-order valence-electron chi connectivity index (χ4n) is 4.04. The SMILES string of the molecule is CC(C)C[C@H](CC(=O)NO)C(=O)N[C@@H](Cc1cccc2ccccc12)C(=O)N[C@@H](C)C(=O)NCCN. The third kappa shape index (κ3) is 8.62. The summed E-state index contributed by atoms with van der Waals surface area (Å²) in [6, 6.07) is 11.6. The summed E-state index contributed by atoms with van der Waals surface area (Å²) in [5.41, 5.74) is 7.84. The molecule has 0 spiro atoms. The van der Waals surface area contributed by atoms with E-state index in [-0.39, 0.29) is 37.8 Å². The van der Waals surface area contributed by atoms with E-state index in [0.29, 0.717) is 6.42 Å². The van der Waals surface area contributed by atoms with Crippen molar-refractivity contribution in [2.75, 3.05) is 13.1 Å². The van der Waals surface area contributed by atoms with Crippen LogP contribution in [0.15, 0.2) is 42.5 Å². The van der Waals surface area contributed by atoms with E-state index in [2.05, 4.69) is 16.0 Å². The van der Waals surface area contributed by atoms with Gasteiger partial charge in [0.15, 0.2) is 0 Å². The van der Waals surface area contributed by atoms with Crippen LogP contribution in [0, 0.1) is 11.8 Å². The van der Waals surface area contributed by atoms with Crippen LogP contribution in [-0.4, -0.2) is 54.0 Å². The number of amides is 4. The van der Waals surface area contributed by atoms with Gasteiger partial charge in [-0.25, -0.2) is 5.48 Å². The van der Waals surface area contributed by atoms with Crippen molar-refractivity contribution in [1.82, 2.24) is 21.4 Å². The highest BCUT2D eigenvalue weighted by Gasteiger charge is 2.29.